The second-order valence-electron chi connectivity index (χ2n) is 3.38. The molecule has 0 atom stereocenters. The van der Waals surface area contributed by atoms with Crippen molar-refractivity contribution in [2.24, 2.45) is 5.73 Å². The summed E-state index contributed by atoms with van der Waals surface area (Å²) in [5, 5.41) is 0. The Bertz CT molecular complexity index is 391. The minimum atomic E-state index is -0.816. The Morgan fingerprint density at radius 2 is 1.94 bits per heavy atom. The summed E-state index contributed by atoms with van der Waals surface area (Å²) >= 11 is 0. The number of aryl methyl sites for hydroxylation is 2. The van der Waals surface area contributed by atoms with E-state index in [-0.39, 0.29) is 6.61 Å². The molecule has 1 amide bonds. The molecule has 0 aliphatic carbocycles. The standard InChI is InChI=1S/C11H13NO4/c1-7-3-9(5-15-11(12)14)4-8(2)10(7)16-6-13/h3-4,6H,5H2,1-2H3,(H2,12,14). The molecule has 0 aliphatic heterocycles. The van der Waals surface area contributed by atoms with Gasteiger partial charge in [0.25, 0.3) is 6.47 Å². The molecule has 1 aromatic rings. The van der Waals surface area contributed by atoms with E-state index in [9.17, 15) is 9.59 Å². The van der Waals surface area contributed by atoms with E-state index in [2.05, 4.69) is 4.74 Å². The van der Waals surface area contributed by atoms with Gasteiger partial charge in [0, 0.05) is 0 Å². The van der Waals surface area contributed by atoms with Crippen LogP contribution >= 0.6 is 0 Å². The smallest absolute Gasteiger partial charge is 0.404 e. The first-order valence-electron chi connectivity index (χ1n) is 4.67. The largest absolute Gasteiger partial charge is 0.445 e. The zero-order valence-electron chi connectivity index (χ0n) is 9.15. The molecule has 0 spiro atoms. The maximum absolute atomic E-state index is 10.4. The van der Waals surface area contributed by atoms with Crippen LogP contribution in [0.15, 0.2) is 12.1 Å². The van der Waals surface area contributed by atoms with Gasteiger partial charge in [-0.3, -0.25) is 4.79 Å². The highest BCUT2D eigenvalue weighted by molar-refractivity contribution is 5.64. The zero-order chi connectivity index (χ0) is 12.1. The van der Waals surface area contributed by atoms with Crippen LogP contribution in [-0.2, 0) is 16.1 Å². The fourth-order valence-electron chi connectivity index (χ4n) is 1.51. The lowest BCUT2D eigenvalue weighted by atomic mass is 10.1. The number of hydrogen-bond acceptors (Lipinski definition) is 4. The van der Waals surface area contributed by atoms with Crippen LogP contribution in [0.5, 0.6) is 5.75 Å². The molecule has 0 saturated carbocycles. The Morgan fingerprint density at radius 3 is 2.38 bits per heavy atom. The molecule has 16 heavy (non-hydrogen) atoms. The second kappa shape index (κ2) is 5.16. The SMILES string of the molecule is Cc1cc(COC(N)=O)cc(C)c1OC=O. The summed E-state index contributed by atoms with van der Waals surface area (Å²) in [5.41, 5.74) is 7.26. The van der Waals surface area contributed by atoms with Gasteiger partial charge in [-0.15, -0.1) is 0 Å². The maximum Gasteiger partial charge on any atom is 0.404 e. The normalized spacial score (nSPS) is 9.62. The van der Waals surface area contributed by atoms with Crippen LogP contribution in [0.1, 0.15) is 16.7 Å². The fraction of sp³-hybridized carbons (Fsp3) is 0.273. The third kappa shape index (κ3) is 2.98. The molecular formula is C11H13NO4. The number of carbonyl (C=O) groups is 2. The van der Waals surface area contributed by atoms with Crippen LogP contribution in [0.4, 0.5) is 4.79 Å². The second-order valence-corrected chi connectivity index (χ2v) is 3.38. The number of nitrogens with two attached hydrogens (primary N) is 1. The summed E-state index contributed by atoms with van der Waals surface area (Å²) in [6.07, 6.45) is -0.816. The number of amides is 1. The van der Waals surface area contributed by atoms with Gasteiger partial charge < -0.3 is 15.2 Å². The number of primary amides is 1. The Kier molecular flexibility index (Phi) is 3.88. The quantitative estimate of drug-likeness (QED) is 0.783. The highest BCUT2D eigenvalue weighted by atomic mass is 16.5. The molecule has 0 radical (unpaired) electrons. The molecule has 0 heterocycles. The number of hydrogen-bond donors (Lipinski definition) is 1. The van der Waals surface area contributed by atoms with E-state index in [1.54, 1.807) is 26.0 Å². The highest BCUT2D eigenvalue weighted by Crippen LogP contribution is 2.24. The minimum absolute atomic E-state index is 0.110. The maximum atomic E-state index is 10.4. The lowest BCUT2D eigenvalue weighted by Crippen LogP contribution is -2.12. The monoisotopic (exact) mass is 223 g/mol. The van der Waals surface area contributed by atoms with Crippen molar-refractivity contribution in [1.29, 1.82) is 0 Å². The van der Waals surface area contributed by atoms with E-state index in [0.29, 0.717) is 12.2 Å². The molecule has 0 fully saturated rings. The first-order chi connectivity index (χ1) is 7.54. The topological polar surface area (TPSA) is 78.6 Å². The first-order valence-corrected chi connectivity index (χ1v) is 4.67. The average molecular weight is 223 g/mol. The summed E-state index contributed by atoms with van der Waals surface area (Å²) in [6.45, 7) is 4.10. The van der Waals surface area contributed by atoms with Gasteiger partial charge in [-0.25, -0.2) is 4.79 Å². The molecule has 5 heteroatoms. The minimum Gasteiger partial charge on any atom is -0.445 e. The predicted molar refractivity (Wildman–Crippen MR) is 57.0 cm³/mol. The van der Waals surface area contributed by atoms with Gasteiger partial charge in [0.15, 0.2) is 0 Å². The molecule has 0 unspecified atom stereocenters. The lowest BCUT2D eigenvalue weighted by Gasteiger charge is -2.10. The van der Waals surface area contributed by atoms with Gasteiger partial charge >= 0.3 is 6.09 Å². The predicted octanol–water partition coefficient (Wildman–Crippen LogP) is 1.43. The van der Waals surface area contributed by atoms with E-state index in [4.69, 9.17) is 10.5 Å². The van der Waals surface area contributed by atoms with Crippen LogP contribution in [0, 0.1) is 13.8 Å². The third-order valence-electron chi connectivity index (χ3n) is 2.07. The summed E-state index contributed by atoms with van der Waals surface area (Å²) in [7, 11) is 0. The summed E-state index contributed by atoms with van der Waals surface area (Å²) < 4.78 is 9.50. The van der Waals surface area contributed by atoms with Crippen molar-refractivity contribution in [3.8, 4) is 5.75 Å². The lowest BCUT2D eigenvalue weighted by molar-refractivity contribution is -0.120. The summed E-state index contributed by atoms with van der Waals surface area (Å²) in [6, 6.07) is 3.55. The number of ether oxygens (including phenoxy) is 2. The molecule has 1 rings (SSSR count). The van der Waals surface area contributed by atoms with Crippen molar-refractivity contribution in [2.75, 3.05) is 0 Å². The number of benzene rings is 1. The average Bonchev–Trinajstić information content (AvgIpc) is 2.20. The summed E-state index contributed by atoms with van der Waals surface area (Å²) in [4.78, 5) is 20.7. The summed E-state index contributed by atoms with van der Waals surface area (Å²) in [5.74, 6) is 0.526. The Balaban J connectivity index is 2.90. The Labute approximate surface area is 93.1 Å². The van der Waals surface area contributed by atoms with Crippen molar-refractivity contribution in [3.05, 3.63) is 28.8 Å². The molecular weight excluding hydrogens is 210 g/mol. The van der Waals surface area contributed by atoms with Crippen molar-refractivity contribution in [1.82, 2.24) is 0 Å². The van der Waals surface area contributed by atoms with Crippen LogP contribution in [0.3, 0.4) is 0 Å². The number of rotatable bonds is 4. The molecule has 0 aromatic heterocycles. The highest BCUT2D eigenvalue weighted by Gasteiger charge is 2.07. The van der Waals surface area contributed by atoms with Gasteiger partial charge in [-0.2, -0.15) is 0 Å². The van der Waals surface area contributed by atoms with E-state index in [1.165, 1.54) is 0 Å². The van der Waals surface area contributed by atoms with Crippen molar-refractivity contribution in [3.63, 3.8) is 0 Å². The van der Waals surface area contributed by atoms with Crippen molar-refractivity contribution in [2.45, 2.75) is 20.5 Å². The van der Waals surface area contributed by atoms with E-state index < -0.39 is 6.09 Å². The third-order valence-corrected chi connectivity index (χ3v) is 2.07. The van der Waals surface area contributed by atoms with Crippen LogP contribution < -0.4 is 10.5 Å². The molecule has 2 N–H and O–H groups in total. The molecule has 1 aromatic carbocycles. The van der Waals surface area contributed by atoms with E-state index in [0.717, 1.165) is 16.7 Å². The first kappa shape index (κ1) is 12.0. The van der Waals surface area contributed by atoms with Gasteiger partial charge in [-0.05, 0) is 42.7 Å². The molecule has 0 saturated heterocycles. The molecule has 0 aliphatic rings. The molecule has 86 valence electrons. The molecule has 5 nitrogen and oxygen atoms in total. The number of carbonyl (C=O) groups excluding carboxylic acids is 2. The van der Waals surface area contributed by atoms with Gasteiger partial charge in [-0.1, -0.05) is 0 Å². The Morgan fingerprint density at radius 1 is 1.38 bits per heavy atom. The van der Waals surface area contributed by atoms with Crippen LogP contribution in [0.2, 0.25) is 0 Å². The van der Waals surface area contributed by atoms with Gasteiger partial charge in [0.2, 0.25) is 0 Å². The van der Waals surface area contributed by atoms with Gasteiger partial charge in [0.05, 0.1) is 0 Å². The fourth-order valence-corrected chi connectivity index (χ4v) is 1.51. The zero-order valence-corrected chi connectivity index (χ0v) is 9.15. The van der Waals surface area contributed by atoms with E-state index in [1.807, 2.05) is 0 Å². The van der Waals surface area contributed by atoms with Crippen LogP contribution in [0.25, 0.3) is 0 Å². The molecule has 0 bridgehead atoms. The van der Waals surface area contributed by atoms with E-state index >= 15 is 0 Å². The van der Waals surface area contributed by atoms with Crippen molar-refractivity contribution < 1.29 is 19.1 Å². The van der Waals surface area contributed by atoms with Gasteiger partial charge in [0.1, 0.15) is 12.4 Å². The Hall–Kier alpha value is -2.04. The van der Waals surface area contributed by atoms with Crippen LogP contribution in [-0.4, -0.2) is 12.6 Å². The van der Waals surface area contributed by atoms with Crippen molar-refractivity contribution >= 4 is 12.6 Å².